The van der Waals surface area contributed by atoms with Crippen molar-refractivity contribution in [3.63, 3.8) is 0 Å². The molecule has 1 aromatic carbocycles. The predicted molar refractivity (Wildman–Crippen MR) is 58.5 cm³/mol. The van der Waals surface area contributed by atoms with Crippen LogP contribution in [0, 0.1) is 18.3 Å². The van der Waals surface area contributed by atoms with Gasteiger partial charge in [0.25, 0.3) is 9.05 Å². The Kier molecular flexibility index (Phi) is 3.61. The van der Waals surface area contributed by atoms with Crippen molar-refractivity contribution in [2.45, 2.75) is 17.7 Å². The number of alkyl halides is 1. The van der Waals surface area contributed by atoms with Crippen LogP contribution in [-0.4, -0.2) is 8.42 Å². The zero-order chi connectivity index (χ0) is 11.6. The van der Waals surface area contributed by atoms with Crippen molar-refractivity contribution in [3.8, 4) is 6.07 Å². The maximum atomic E-state index is 11.2. The summed E-state index contributed by atoms with van der Waals surface area (Å²) < 4.78 is 22.5. The highest BCUT2D eigenvalue weighted by Gasteiger charge is 2.18. The minimum Gasteiger partial charge on any atom is -0.207 e. The van der Waals surface area contributed by atoms with Gasteiger partial charge in [0, 0.05) is 16.2 Å². The first kappa shape index (κ1) is 12.3. The molecular formula is C9H7Cl2NO2S. The molecule has 0 heterocycles. The lowest BCUT2D eigenvalue weighted by Crippen LogP contribution is -2.00. The van der Waals surface area contributed by atoms with Gasteiger partial charge in [0.1, 0.15) is 0 Å². The molecule has 1 rings (SSSR count). The maximum absolute atomic E-state index is 11.2. The van der Waals surface area contributed by atoms with Crippen molar-refractivity contribution in [1.29, 1.82) is 5.26 Å². The molecule has 0 atom stereocenters. The summed E-state index contributed by atoms with van der Waals surface area (Å²) in [6.07, 6.45) is 0. The number of hydrogen-bond acceptors (Lipinski definition) is 3. The third-order valence-electron chi connectivity index (χ3n) is 1.87. The summed E-state index contributed by atoms with van der Waals surface area (Å²) in [7, 11) is 1.38. The SMILES string of the molecule is Cc1cc(C#N)c(CCl)c(S(=O)(=O)Cl)c1. The summed E-state index contributed by atoms with van der Waals surface area (Å²) in [6, 6.07) is 4.87. The van der Waals surface area contributed by atoms with Crippen molar-refractivity contribution >= 4 is 31.3 Å². The molecule has 0 bridgehead atoms. The van der Waals surface area contributed by atoms with Crippen LogP contribution < -0.4 is 0 Å². The Hall–Kier alpha value is -0.760. The van der Waals surface area contributed by atoms with Gasteiger partial charge in [-0.25, -0.2) is 8.42 Å². The molecule has 0 saturated carbocycles. The van der Waals surface area contributed by atoms with E-state index in [2.05, 4.69) is 0 Å². The lowest BCUT2D eigenvalue weighted by Gasteiger charge is -2.07. The third kappa shape index (κ3) is 2.63. The van der Waals surface area contributed by atoms with E-state index in [0.29, 0.717) is 5.56 Å². The second-order valence-corrected chi connectivity index (χ2v) is 5.77. The molecule has 0 aromatic heterocycles. The third-order valence-corrected chi connectivity index (χ3v) is 3.53. The highest BCUT2D eigenvalue weighted by molar-refractivity contribution is 8.13. The van der Waals surface area contributed by atoms with Gasteiger partial charge in [-0.2, -0.15) is 5.26 Å². The highest BCUT2D eigenvalue weighted by Crippen LogP contribution is 2.26. The summed E-state index contributed by atoms with van der Waals surface area (Å²) in [4.78, 5) is -0.0873. The Morgan fingerprint density at radius 3 is 2.47 bits per heavy atom. The summed E-state index contributed by atoms with van der Waals surface area (Å²) >= 11 is 5.60. The number of aryl methyl sites for hydroxylation is 1. The topological polar surface area (TPSA) is 57.9 Å². The summed E-state index contributed by atoms with van der Waals surface area (Å²) in [5.41, 5.74) is 1.14. The molecule has 0 saturated heterocycles. The number of halogens is 2. The molecule has 0 spiro atoms. The van der Waals surface area contributed by atoms with Gasteiger partial charge in [0.2, 0.25) is 0 Å². The van der Waals surface area contributed by atoms with Gasteiger partial charge in [0.15, 0.2) is 0 Å². The average molecular weight is 264 g/mol. The molecule has 0 aliphatic carbocycles. The van der Waals surface area contributed by atoms with Crippen LogP contribution in [-0.2, 0) is 14.9 Å². The van der Waals surface area contributed by atoms with E-state index in [1.807, 2.05) is 6.07 Å². The summed E-state index contributed by atoms with van der Waals surface area (Å²) in [6.45, 7) is 1.68. The Morgan fingerprint density at radius 1 is 1.47 bits per heavy atom. The van der Waals surface area contributed by atoms with Gasteiger partial charge in [-0.3, -0.25) is 0 Å². The normalized spacial score (nSPS) is 11.1. The van der Waals surface area contributed by atoms with Gasteiger partial charge < -0.3 is 0 Å². The molecule has 0 aliphatic rings. The van der Waals surface area contributed by atoms with E-state index in [1.54, 1.807) is 13.0 Å². The standard InChI is InChI=1S/C9H7Cl2NO2S/c1-6-2-7(5-12)8(4-10)9(3-6)15(11,13)14/h2-3H,4H2,1H3. The molecular weight excluding hydrogens is 257 g/mol. The molecule has 6 heteroatoms. The molecule has 0 N–H and O–H groups in total. The van der Waals surface area contributed by atoms with E-state index < -0.39 is 9.05 Å². The minimum absolute atomic E-state index is 0.0650. The second kappa shape index (κ2) is 4.40. The quantitative estimate of drug-likeness (QED) is 0.609. The van der Waals surface area contributed by atoms with Gasteiger partial charge in [0.05, 0.1) is 22.4 Å². The number of hydrogen-bond donors (Lipinski definition) is 0. The van der Waals surface area contributed by atoms with E-state index >= 15 is 0 Å². The molecule has 0 amide bonds. The van der Waals surface area contributed by atoms with E-state index in [9.17, 15) is 8.42 Å². The number of nitriles is 1. The number of benzene rings is 1. The molecule has 0 unspecified atom stereocenters. The fourth-order valence-electron chi connectivity index (χ4n) is 1.24. The molecule has 0 fully saturated rings. The first-order valence-corrected chi connectivity index (χ1v) is 6.78. The maximum Gasteiger partial charge on any atom is 0.261 e. The van der Waals surface area contributed by atoms with E-state index in [1.165, 1.54) is 6.07 Å². The average Bonchev–Trinajstić information content (AvgIpc) is 2.15. The zero-order valence-corrected chi connectivity index (χ0v) is 10.1. The second-order valence-electron chi connectivity index (χ2n) is 2.97. The van der Waals surface area contributed by atoms with Crippen molar-refractivity contribution < 1.29 is 8.42 Å². The molecule has 1 aromatic rings. The highest BCUT2D eigenvalue weighted by atomic mass is 35.7. The zero-order valence-electron chi connectivity index (χ0n) is 7.79. The van der Waals surface area contributed by atoms with Gasteiger partial charge >= 0.3 is 0 Å². The van der Waals surface area contributed by atoms with Crippen molar-refractivity contribution in [2.24, 2.45) is 0 Å². The van der Waals surface area contributed by atoms with Crippen molar-refractivity contribution in [1.82, 2.24) is 0 Å². The van der Waals surface area contributed by atoms with E-state index in [4.69, 9.17) is 27.5 Å². The van der Waals surface area contributed by atoms with Crippen LogP contribution in [0.25, 0.3) is 0 Å². The number of nitrogens with zero attached hydrogens (tertiary/aromatic N) is 1. The monoisotopic (exact) mass is 263 g/mol. The van der Waals surface area contributed by atoms with Crippen LogP contribution in [0.1, 0.15) is 16.7 Å². The molecule has 0 aliphatic heterocycles. The van der Waals surface area contributed by atoms with Gasteiger partial charge in [-0.05, 0) is 24.6 Å². The lowest BCUT2D eigenvalue weighted by atomic mass is 10.1. The Morgan fingerprint density at radius 2 is 2.07 bits per heavy atom. The molecule has 0 radical (unpaired) electrons. The Bertz CT molecular complexity index is 532. The van der Waals surface area contributed by atoms with Crippen molar-refractivity contribution in [3.05, 3.63) is 28.8 Å². The van der Waals surface area contributed by atoms with Crippen LogP contribution >= 0.6 is 22.3 Å². The Labute approximate surface area is 97.7 Å². The first-order chi connectivity index (χ1) is 6.90. The fourth-order valence-corrected chi connectivity index (χ4v) is 2.82. The minimum atomic E-state index is -3.86. The lowest BCUT2D eigenvalue weighted by molar-refractivity contribution is 0.609. The predicted octanol–water partition coefficient (Wildman–Crippen LogP) is 2.53. The van der Waals surface area contributed by atoms with Gasteiger partial charge in [-0.15, -0.1) is 11.6 Å². The largest absolute Gasteiger partial charge is 0.261 e. The van der Waals surface area contributed by atoms with Gasteiger partial charge in [-0.1, -0.05) is 0 Å². The summed E-state index contributed by atoms with van der Waals surface area (Å²) in [5.74, 6) is -0.0650. The van der Waals surface area contributed by atoms with E-state index in [0.717, 1.165) is 0 Å². The van der Waals surface area contributed by atoms with Crippen LogP contribution in [0.15, 0.2) is 17.0 Å². The van der Waals surface area contributed by atoms with Crippen LogP contribution in [0.3, 0.4) is 0 Å². The molecule has 15 heavy (non-hydrogen) atoms. The van der Waals surface area contributed by atoms with Crippen molar-refractivity contribution in [2.75, 3.05) is 0 Å². The molecule has 3 nitrogen and oxygen atoms in total. The Balaban J connectivity index is 3.66. The fraction of sp³-hybridized carbons (Fsp3) is 0.222. The van der Waals surface area contributed by atoms with E-state index in [-0.39, 0.29) is 21.9 Å². The molecule has 80 valence electrons. The summed E-state index contributed by atoms with van der Waals surface area (Å²) in [5, 5.41) is 8.82. The van der Waals surface area contributed by atoms with Crippen LogP contribution in [0.2, 0.25) is 0 Å². The smallest absolute Gasteiger partial charge is 0.207 e. The number of rotatable bonds is 2. The first-order valence-electron chi connectivity index (χ1n) is 3.94. The van der Waals surface area contributed by atoms with Crippen LogP contribution in [0.5, 0.6) is 0 Å². The van der Waals surface area contributed by atoms with Crippen LogP contribution in [0.4, 0.5) is 0 Å².